The number of alkyl halides is 1. The van der Waals surface area contributed by atoms with Crippen molar-refractivity contribution in [1.82, 2.24) is 30.0 Å². The molecule has 6 rings (SSSR count). The molecule has 0 aliphatic carbocycles. The highest BCUT2D eigenvalue weighted by molar-refractivity contribution is 14.1. The molecule has 0 atom stereocenters. The number of halogens is 1. The number of anilines is 2. The van der Waals surface area contributed by atoms with Gasteiger partial charge in [-0.1, -0.05) is 46.9 Å². The normalized spacial score (nSPS) is 13.4. The van der Waals surface area contributed by atoms with E-state index in [1.165, 1.54) is 17.5 Å². The summed E-state index contributed by atoms with van der Waals surface area (Å²) in [5, 5.41) is 15.2. The first kappa shape index (κ1) is 25.4. The summed E-state index contributed by atoms with van der Waals surface area (Å²) in [5.74, 6) is 0.895. The number of pyridine rings is 1. The Kier molecular flexibility index (Phi) is 7.20. The Labute approximate surface area is 238 Å². The van der Waals surface area contributed by atoms with E-state index >= 15 is 0 Å². The van der Waals surface area contributed by atoms with E-state index in [2.05, 4.69) is 66.6 Å². The summed E-state index contributed by atoms with van der Waals surface area (Å²) in [5.41, 5.74) is 7.29. The molecule has 0 radical (unpaired) electrons. The number of benzene rings is 2. The lowest BCUT2D eigenvalue weighted by atomic mass is 9.98. The molecule has 1 aliphatic rings. The second-order valence-corrected chi connectivity index (χ2v) is 9.98. The first-order valence-electron chi connectivity index (χ1n) is 12.8. The maximum absolute atomic E-state index is 13.7. The van der Waals surface area contributed by atoms with Gasteiger partial charge in [0.05, 0.1) is 0 Å². The van der Waals surface area contributed by atoms with Crippen LogP contribution in [-0.4, -0.2) is 37.8 Å². The summed E-state index contributed by atoms with van der Waals surface area (Å²) >= 11 is 2.30. The zero-order valence-electron chi connectivity index (χ0n) is 21.3. The fourth-order valence-electron chi connectivity index (χ4n) is 4.89. The van der Waals surface area contributed by atoms with Crippen LogP contribution in [0.1, 0.15) is 24.5 Å². The van der Waals surface area contributed by atoms with Gasteiger partial charge in [-0.3, -0.25) is 9.36 Å². The van der Waals surface area contributed by atoms with Gasteiger partial charge in [0.2, 0.25) is 18.2 Å². The largest absolute Gasteiger partial charge is 0.423 e. The molecule has 39 heavy (non-hydrogen) atoms. The summed E-state index contributed by atoms with van der Waals surface area (Å²) in [6, 6.07) is 16.0. The first-order chi connectivity index (χ1) is 19.1. The number of aryl methyl sites for hydroxylation is 1. The molecular weight excluding hydrogens is 605 g/mol. The van der Waals surface area contributed by atoms with Crippen molar-refractivity contribution in [1.29, 1.82) is 0 Å². The van der Waals surface area contributed by atoms with E-state index in [0.717, 1.165) is 47.3 Å². The van der Waals surface area contributed by atoms with Crippen LogP contribution in [0.5, 0.6) is 0 Å². The van der Waals surface area contributed by atoms with Gasteiger partial charge in [0.15, 0.2) is 0 Å². The average Bonchev–Trinajstić information content (AvgIpc) is 3.53. The third kappa shape index (κ3) is 5.09. The van der Waals surface area contributed by atoms with Gasteiger partial charge >= 0.3 is 0 Å². The van der Waals surface area contributed by atoms with Gasteiger partial charge in [-0.05, 0) is 72.5 Å². The lowest BCUT2D eigenvalue weighted by Crippen LogP contribution is -2.22. The molecule has 2 aromatic carbocycles. The zero-order valence-corrected chi connectivity index (χ0v) is 23.5. The van der Waals surface area contributed by atoms with E-state index in [1.807, 2.05) is 43.3 Å². The molecular formula is C29H26IN7O2. The minimum absolute atomic E-state index is 0.0918. The molecule has 2 N–H and O–H groups in total. The molecule has 0 spiro atoms. The predicted molar refractivity (Wildman–Crippen MR) is 161 cm³/mol. The molecule has 9 nitrogen and oxygen atoms in total. The number of rotatable bonds is 7. The Morgan fingerprint density at radius 3 is 2.67 bits per heavy atom. The Bertz CT molecular complexity index is 1730. The zero-order chi connectivity index (χ0) is 26.8. The van der Waals surface area contributed by atoms with Crippen molar-refractivity contribution in [3.63, 3.8) is 0 Å². The van der Waals surface area contributed by atoms with Crippen molar-refractivity contribution < 1.29 is 4.42 Å². The number of nitrogens with zero attached hydrogens (tertiary/aromatic N) is 5. The minimum Gasteiger partial charge on any atom is -0.423 e. The van der Waals surface area contributed by atoms with Crippen molar-refractivity contribution >= 4 is 50.8 Å². The highest BCUT2D eigenvalue weighted by Crippen LogP contribution is 2.30. The first-order valence-corrected chi connectivity index (χ1v) is 14.3. The lowest BCUT2D eigenvalue weighted by Gasteiger charge is -2.15. The average molecular weight is 631 g/mol. The summed E-state index contributed by atoms with van der Waals surface area (Å²) in [7, 11) is 0. The maximum Gasteiger partial charge on any atom is 0.260 e. The highest BCUT2D eigenvalue weighted by atomic mass is 127. The molecule has 0 bridgehead atoms. The van der Waals surface area contributed by atoms with Gasteiger partial charge in [-0.25, -0.2) is 4.98 Å². The Hall–Kier alpha value is -3.90. The van der Waals surface area contributed by atoms with E-state index in [-0.39, 0.29) is 5.56 Å². The van der Waals surface area contributed by atoms with Crippen molar-refractivity contribution in [2.45, 2.75) is 24.3 Å². The molecule has 0 saturated heterocycles. The molecule has 4 heterocycles. The van der Waals surface area contributed by atoms with Crippen LogP contribution >= 0.6 is 22.6 Å². The van der Waals surface area contributed by atoms with E-state index in [0.29, 0.717) is 34.0 Å². The SMILES string of the molecule is CCn1c(=O)c(-c2ccc(-c3nnco3)cc2CI)cc2cnc(Nc3ccc(C4=CCNCC4)cc3)nc21. The highest BCUT2D eigenvalue weighted by Gasteiger charge is 2.17. The molecule has 0 unspecified atom stereocenters. The Morgan fingerprint density at radius 1 is 1.10 bits per heavy atom. The van der Waals surface area contributed by atoms with Crippen LogP contribution in [0.4, 0.5) is 11.6 Å². The standard InChI is InChI=1S/C29H26IN7O2/c1-2-37-26-22(14-25(28(37)38)24-8-5-20(13-21(24)15-30)27-36-33-17-39-27)16-32-29(35-26)34-23-6-3-18(4-7-23)19-9-11-31-12-10-19/h3-9,13-14,16-17,31H,2,10-12,15H2,1H3,(H,32,34,35). The second-order valence-electron chi connectivity index (χ2n) is 9.22. The number of hydrogen-bond acceptors (Lipinski definition) is 8. The molecule has 0 saturated carbocycles. The molecule has 5 aromatic rings. The van der Waals surface area contributed by atoms with E-state index < -0.39 is 0 Å². The van der Waals surface area contributed by atoms with Gasteiger partial charge in [0.1, 0.15) is 5.65 Å². The van der Waals surface area contributed by atoms with Crippen LogP contribution in [0.3, 0.4) is 0 Å². The van der Waals surface area contributed by atoms with Gasteiger partial charge in [0.25, 0.3) is 5.56 Å². The van der Waals surface area contributed by atoms with Crippen LogP contribution in [0.25, 0.3) is 39.2 Å². The van der Waals surface area contributed by atoms with E-state index in [1.54, 1.807) is 10.8 Å². The quantitative estimate of drug-likeness (QED) is 0.177. The maximum atomic E-state index is 13.7. The summed E-state index contributed by atoms with van der Waals surface area (Å²) in [4.78, 5) is 23.0. The van der Waals surface area contributed by atoms with Crippen molar-refractivity contribution in [2.24, 2.45) is 0 Å². The third-order valence-corrected chi connectivity index (χ3v) is 7.69. The molecule has 3 aromatic heterocycles. The van der Waals surface area contributed by atoms with Gasteiger partial charge in [0, 0.05) is 45.9 Å². The van der Waals surface area contributed by atoms with Crippen LogP contribution in [-0.2, 0) is 11.0 Å². The smallest absolute Gasteiger partial charge is 0.260 e. The number of hydrogen-bond donors (Lipinski definition) is 2. The third-order valence-electron chi connectivity index (χ3n) is 6.87. The van der Waals surface area contributed by atoms with Crippen molar-refractivity contribution in [3.05, 3.63) is 88.7 Å². The monoisotopic (exact) mass is 631 g/mol. The summed E-state index contributed by atoms with van der Waals surface area (Å²) < 4.78 is 7.77. The summed E-state index contributed by atoms with van der Waals surface area (Å²) in [6.07, 6.45) is 6.34. The summed E-state index contributed by atoms with van der Waals surface area (Å²) in [6.45, 7) is 4.35. The molecule has 0 fully saturated rings. The Balaban J connectivity index is 1.33. The lowest BCUT2D eigenvalue weighted by molar-refractivity contribution is 0.568. The van der Waals surface area contributed by atoms with Gasteiger partial charge in [-0.15, -0.1) is 10.2 Å². The minimum atomic E-state index is -0.0918. The number of fused-ring (bicyclic) bond motifs is 1. The van der Waals surface area contributed by atoms with Gasteiger partial charge < -0.3 is 15.1 Å². The number of nitrogens with one attached hydrogen (secondary N) is 2. The molecule has 1 aliphatic heterocycles. The molecule has 10 heteroatoms. The van der Waals surface area contributed by atoms with Crippen LogP contribution in [0.2, 0.25) is 0 Å². The van der Waals surface area contributed by atoms with Crippen LogP contribution in [0, 0.1) is 0 Å². The predicted octanol–water partition coefficient (Wildman–Crippen LogP) is 5.58. The molecule has 0 amide bonds. The van der Waals surface area contributed by atoms with Gasteiger partial charge in [-0.2, -0.15) is 4.98 Å². The second kappa shape index (κ2) is 11.1. The van der Waals surface area contributed by atoms with E-state index in [4.69, 9.17) is 9.40 Å². The molecule has 196 valence electrons. The van der Waals surface area contributed by atoms with Crippen LogP contribution in [0.15, 0.2) is 76.4 Å². The fraction of sp³-hybridized carbons (Fsp3) is 0.207. The number of aromatic nitrogens is 5. The Morgan fingerprint density at radius 2 is 1.95 bits per heavy atom. The fourth-order valence-corrected chi connectivity index (χ4v) is 5.52. The van der Waals surface area contributed by atoms with Crippen molar-refractivity contribution in [2.75, 3.05) is 18.4 Å². The topological polar surface area (TPSA) is 111 Å². The van der Waals surface area contributed by atoms with Crippen molar-refractivity contribution in [3.8, 4) is 22.6 Å². The van der Waals surface area contributed by atoms with E-state index in [9.17, 15) is 4.79 Å². The van der Waals surface area contributed by atoms with Crippen LogP contribution < -0.4 is 16.2 Å².